The summed E-state index contributed by atoms with van der Waals surface area (Å²) in [6.07, 6.45) is 0. The fraction of sp³-hybridized carbons (Fsp3) is 0.0625. The van der Waals surface area contributed by atoms with Gasteiger partial charge in [-0.05, 0) is 23.8 Å². The Morgan fingerprint density at radius 1 is 1.05 bits per heavy atom. The van der Waals surface area contributed by atoms with Gasteiger partial charge >= 0.3 is 5.63 Å². The quantitative estimate of drug-likeness (QED) is 0.647. The fourth-order valence-electron chi connectivity index (χ4n) is 2.30. The number of benzene rings is 2. The second kappa shape index (κ2) is 5.21. The van der Waals surface area contributed by atoms with Gasteiger partial charge in [0.05, 0.1) is 10.7 Å². The number of hydrogen-bond acceptors (Lipinski definition) is 2. The summed E-state index contributed by atoms with van der Waals surface area (Å²) in [4.78, 5) is 11.9. The Balaban J connectivity index is 2.44. The molecule has 0 spiro atoms. The van der Waals surface area contributed by atoms with E-state index < -0.39 is 0 Å². The highest BCUT2D eigenvalue weighted by molar-refractivity contribution is 9.08. The van der Waals surface area contributed by atoms with Crippen LogP contribution in [0.3, 0.4) is 0 Å². The van der Waals surface area contributed by atoms with Gasteiger partial charge in [-0.25, -0.2) is 9.18 Å². The molecule has 0 saturated carbocycles. The lowest BCUT2D eigenvalue weighted by atomic mass is 9.99. The molecule has 0 bridgehead atoms. The molecule has 0 saturated heterocycles. The number of alkyl halides is 1. The molecule has 2 aromatic carbocycles. The molecule has 0 aliphatic rings. The van der Waals surface area contributed by atoms with Gasteiger partial charge in [0.2, 0.25) is 0 Å². The summed E-state index contributed by atoms with van der Waals surface area (Å²) in [6, 6.07) is 13.5. The molecule has 0 fully saturated rings. The summed E-state index contributed by atoms with van der Waals surface area (Å²) in [5.41, 5.74) is 1.06. The van der Waals surface area contributed by atoms with E-state index in [1.54, 1.807) is 24.3 Å². The van der Waals surface area contributed by atoms with Crippen molar-refractivity contribution in [1.29, 1.82) is 0 Å². The predicted molar refractivity (Wildman–Crippen MR) is 80.5 cm³/mol. The molecule has 0 amide bonds. The van der Waals surface area contributed by atoms with E-state index in [0.29, 0.717) is 22.0 Å². The molecule has 2 nitrogen and oxygen atoms in total. The highest BCUT2D eigenvalue weighted by Crippen LogP contribution is 2.32. The highest BCUT2D eigenvalue weighted by atomic mass is 79.9. The van der Waals surface area contributed by atoms with Crippen LogP contribution in [0.1, 0.15) is 5.76 Å². The maximum absolute atomic E-state index is 13.5. The van der Waals surface area contributed by atoms with Crippen LogP contribution in [0.5, 0.6) is 0 Å². The summed E-state index contributed by atoms with van der Waals surface area (Å²) < 4.78 is 18.8. The maximum Gasteiger partial charge on any atom is 0.343 e. The Hall–Kier alpha value is -1.94. The van der Waals surface area contributed by atoms with Gasteiger partial charge in [-0.2, -0.15) is 0 Å². The zero-order valence-electron chi connectivity index (χ0n) is 10.4. The van der Waals surface area contributed by atoms with E-state index in [0.717, 1.165) is 10.9 Å². The zero-order valence-corrected chi connectivity index (χ0v) is 12.0. The Kier molecular flexibility index (Phi) is 3.40. The third-order valence-corrected chi connectivity index (χ3v) is 3.66. The lowest BCUT2D eigenvalue weighted by Crippen LogP contribution is -2.04. The molecule has 0 unspecified atom stereocenters. The van der Waals surface area contributed by atoms with Gasteiger partial charge < -0.3 is 4.42 Å². The third kappa shape index (κ3) is 2.16. The number of rotatable bonds is 2. The topological polar surface area (TPSA) is 30.2 Å². The van der Waals surface area contributed by atoms with Gasteiger partial charge in [0.15, 0.2) is 0 Å². The second-order valence-electron chi connectivity index (χ2n) is 4.38. The average Bonchev–Trinajstić information content (AvgIpc) is 2.47. The summed E-state index contributed by atoms with van der Waals surface area (Å²) in [6.45, 7) is 0. The van der Waals surface area contributed by atoms with Crippen LogP contribution in [0.4, 0.5) is 4.39 Å². The lowest BCUT2D eigenvalue weighted by molar-refractivity contribution is 0.488. The minimum Gasteiger partial charge on any atom is -0.426 e. The molecule has 0 aliphatic heterocycles. The van der Waals surface area contributed by atoms with Crippen molar-refractivity contribution in [2.24, 2.45) is 0 Å². The van der Waals surface area contributed by atoms with Crippen LogP contribution in [0, 0.1) is 5.82 Å². The van der Waals surface area contributed by atoms with Crippen LogP contribution in [0.25, 0.3) is 21.9 Å². The lowest BCUT2D eigenvalue weighted by Gasteiger charge is -2.10. The molecule has 20 heavy (non-hydrogen) atoms. The summed E-state index contributed by atoms with van der Waals surface area (Å²) in [7, 11) is 0. The minimum absolute atomic E-state index is 0.321. The van der Waals surface area contributed by atoms with Crippen molar-refractivity contribution in [3.8, 4) is 11.1 Å². The van der Waals surface area contributed by atoms with Crippen molar-refractivity contribution in [2.75, 3.05) is 0 Å². The number of hydrogen-bond donors (Lipinski definition) is 0. The minimum atomic E-state index is -0.379. The Morgan fingerprint density at radius 2 is 1.80 bits per heavy atom. The van der Waals surface area contributed by atoms with E-state index in [9.17, 15) is 9.18 Å². The van der Waals surface area contributed by atoms with Crippen molar-refractivity contribution in [2.45, 2.75) is 5.33 Å². The van der Waals surface area contributed by atoms with Crippen LogP contribution in [0.15, 0.2) is 57.7 Å². The van der Waals surface area contributed by atoms with E-state index in [-0.39, 0.29) is 11.4 Å². The SMILES string of the molecule is O=c1oc(CBr)c(-c2cccc(F)c2)c2ccccc12. The standard InChI is InChI=1S/C16H10BrFO2/c17-9-14-15(10-4-3-5-11(18)8-10)12-6-1-2-7-13(12)16(19)20-14/h1-8H,9H2. The van der Waals surface area contributed by atoms with Gasteiger partial charge in [-0.15, -0.1) is 0 Å². The summed E-state index contributed by atoms with van der Waals surface area (Å²) in [5.74, 6) is 0.178. The number of fused-ring (bicyclic) bond motifs is 1. The van der Waals surface area contributed by atoms with Crippen LogP contribution < -0.4 is 5.63 Å². The Bertz CT molecular complexity index is 839. The van der Waals surface area contributed by atoms with E-state index in [1.165, 1.54) is 12.1 Å². The summed E-state index contributed by atoms with van der Waals surface area (Å²) in [5, 5.41) is 1.65. The first-order chi connectivity index (χ1) is 9.70. The Labute approximate surface area is 123 Å². The van der Waals surface area contributed by atoms with E-state index in [4.69, 9.17) is 4.42 Å². The molecule has 3 aromatic rings. The molecular weight excluding hydrogens is 323 g/mol. The van der Waals surface area contributed by atoms with Crippen LogP contribution in [-0.4, -0.2) is 0 Å². The second-order valence-corrected chi connectivity index (χ2v) is 4.94. The molecule has 1 aromatic heterocycles. The molecule has 1 heterocycles. The number of halogens is 2. The van der Waals surface area contributed by atoms with Gasteiger partial charge in [0.25, 0.3) is 0 Å². The monoisotopic (exact) mass is 332 g/mol. The molecule has 0 radical (unpaired) electrons. The van der Waals surface area contributed by atoms with E-state index in [2.05, 4.69) is 15.9 Å². The van der Waals surface area contributed by atoms with Crippen molar-refractivity contribution in [3.63, 3.8) is 0 Å². The predicted octanol–water partition coefficient (Wildman–Crippen LogP) is 4.49. The van der Waals surface area contributed by atoms with Gasteiger partial charge in [0, 0.05) is 10.9 Å². The zero-order chi connectivity index (χ0) is 14.1. The van der Waals surface area contributed by atoms with Gasteiger partial charge in [0.1, 0.15) is 11.6 Å². The fourth-order valence-corrected chi connectivity index (χ4v) is 2.70. The van der Waals surface area contributed by atoms with Crippen molar-refractivity contribution in [3.05, 3.63) is 70.5 Å². The van der Waals surface area contributed by atoms with Crippen molar-refractivity contribution < 1.29 is 8.81 Å². The van der Waals surface area contributed by atoms with E-state index >= 15 is 0 Å². The molecular formula is C16H10BrFO2. The van der Waals surface area contributed by atoms with Crippen molar-refractivity contribution in [1.82, 2.24) is 0 Å². The van der Waals surface area contributed by atoms with E-state index in [1.807, 2.05) is 12.1 Å². The first-order valence-corrected chi connectivity index (χ1v) is 7.19. The van der Waals surface area contributed by atoms with Gasteiger partial charge in [-0.3, -0.25) is 0 Å². The normalized spacial score (nSPS) is 10.9. The molecule has 3 rings (SSSR count). The largest absolute Gasteiger partial charge is 0.426 e. The molecule has 0 N–H and O–H groups in total. The average molecular weight is 333 g/mol. The summed E-state index contributed by atoms with van der Waals surface area (Å²) >= 11 is 3.32. The van der Waals surface area contributed by atoms with Gasteiger partial charge in [-0.1, -0.05) is 46.3 Å². The molecule has 0 aliphatic carbocycles. The molecule has 100 valence electrons. The first-order valence-electron chi connectivity index (χ1n) is 6.07. The maximum atomic E-state index is 13.5. The smallest absolute Gasteiger partial charge is 0.343 e. The molecule has 0 atom stereocenters. The Morgan fingerprint density at radius 3 is 2.50 bits per heavy atom. The highest BCUT2D eigenvalue weighted by Gasteiger charge is 2.14. The van der Waals surface area contributed by atoms with Crippen LogP contribution in [-0.2, 0) is 5.33 Å². The first kappa shape index (κ1) is 13.1. The van der Waals surface area contributed by atoms with Crippen LogP contribution in [0.2, 0.25) is 0 Å². The van der Waals surface area contributed by atoms with Crippen LogP contribution >= 0.6 is 15.9 Å². The molecule has 4 heteroatoms. The third-order valence-electron chi connectivity index (χ3n) is 3.15. The van der Waals surface area contributed by atoms with Crippen molar-refractivity contribution >= 4 is 26.7 Å².